The molecule has 0 spiro atoms. The summed E-state index contributed by atoms with van der Waals surface area (Å²) in [6.07, 6.45) is 4.24. The molecule has 1 aliphatic carbocycles. The number of allylic oxidation sites excluding steroid dienone is 2. The lowest BCUT2D eigenvalue weighted by Crippen LogP contribution is -2.46. The summed E-state index contributed by atoms with van der Waals surface area (Å²) in [6, 6.07) is 16.2. The fourth-order valence-electron chi connectivity index (χ4n) is 4.79. The van der Waals surface area contributed by atoms with Gasteiger partial charge in [0.2, 0.25) is 5.78 Å². The van der Waals surface area contributed by atoms with Gasteiger partial charge in [0.1, 0.15) is 6.04 Å². The number of anilines is 3. The number of carbonyl (C=O) groups excluding carboxylic acids is 1. The SMILES string of the molecule is C[N+](C)(C)C1CCN(c2ccc(NC3=C/C(=N\c4ccc(N(CCO)CCO)cc4)C(N)=CC3=O)cc2)C1. The van der Waals surface area contributed by atoms with E-state index >= 15 is 0 Å². The summed E-state index contributed by atoms with van der Waals surface area (Å²) >= 11 is 0. The van der Waals surface area contributed by atoms with Crippen LogP contribution in [0.4, 0.5) is 22.7 Å². The van der Waals surface area contributed by atoms with Gasteiger partial charge >= 0.3 is 0 Å². The Morgan fingerprint density at radius 3 is 2.26 bits per heavy atom. The minimum absolute atomic E-state index is 0.00198. The summed E-state index contributed by atoms with van der Waals surface area (Å²) in [5.74, 6) is -0.199. The zero-order valence-corrected chi connectivity index (χ0v) is 22.5. The van der Waals surface area contributed by atoms with Gasteiger partial charge in [0.15, 0.2) is 0 Å². The van der Waals surface area contributed by atoms with E-state index in [1.54, 1.807) is 6.08 Å². The number of nitrogens with one attached hydrogen (secondary N) is 1. The lowest BCUT2D eigenvalue weighted by atomic mass is 10.1. The predicted octanol–water partition coefficient (Wildman–Crippen LogP) is 2.26. The number of carbonyl (C=O) groups is 1. The molecule has 38 heavy (non-hydrogen) atoms. The fourth-order valence-corrected chi connectivity index (χ4v) is 4.79. The van der Waals surface area contributed by atoms with Crippen LogP contribution in [-0.2, 0) is 4.79 Å². The number of rotatable bonds is 10. The molecule has 1 unspecified atom stereocenters. The van der Waals surface area contributed by atoms with Crippen LogP contribution in [0.15, 0.2) is 77.1 Å². The Balaban J connectivity index is 1.46. The minimum atomic E-state index is -0.199. The summed E-state index contributed by atoms with van der Waals surface area (Å²) in [7, 11) is 6.74. The number of nitrogens with zero attached hydrogens (tertiary/aromatic N) is 4. The molecule has 202 valence electrons. The molecule has 9 nitrogen and oxygen atoms in total. The Morgan fingerprint density at radius 1 is 1.03 bits per heavy atom. The summed E-state index contributed by atoms with van der Waals surface area (Å²) in [4.78, 5) is 21.6. The van der Waals surface area contributed by atoms with E-state index < -0.39 is 0 Å². The summed E-state index contributed by atoms with van der Waals surface area (Å²) < 4.78 is 0.961. The molecule has 5 N–H and O–H groups in total. The maximum Gasteiger partial charge on any atom is 0.204 e. The number of aliphatic hydroxyl groups is 2. The van der Waals surface area contributed by atoms with Crippen molar-refractivity contribution in [3.63, 3.8) is 0 Å². The Hall–Kier alpha value is -3.66. The van der Waals surface area contributed by atoms with Crippen molar-refractivity contribution in [2.24, 2.45) is 10.7 Å². The Bertz CT molecular complexity index is 1210. The van der Waals surface area contributed by atoms with Gasteiger partial charge in [-0.15, -0.1) is 0 Å². The van der Waals surface area contributed by atoms with Crippen LogP contribution in [0.25, 0.3) is 0 Å². The number of hydrogen-bond acceptors (Lipinski definition) is 8. The van der Waals surface area contributed by atoms with E-state index in [-0.39, 0.29) is 19.0 Å². The van der Waals surface area contributed by atoms with Gasteiger partial charge in [-0.2, -0.15) is 0 Å². The lowest BCUT2D eigenvalue weighted by molar-refractivity contribution is -0.893. The van der Waals surface area contributed by atoms with Crippen LogP contribution in [0.1, 0.15) is 6.42 Å². The van der Waals surface area contributed by atoms with Crippen molar-refractivity contribution in [3.8, 4) is 0 Å². The Labute approximate surface area is 224 Å². The molecule has 9 heteroatoms. The van der Waals surface area contributed by atoms with Gasteiger partial charge < -0.3 is 35.5 Å². The Morgan fingerprint density at radius 2 is 1.68 bits per heavy atom. The van der Waals surface area contributed by atoms with Crippen LogP contribution in [-0.4, -0.2) is 92.8 Å². The first-order chi connectivity index (χ1) is 18.2. The molecule has 4 rings (SSSR count). The number of ketones is 1. The van der Waals surface area contributed by atoms with E-state index in [0.717, 1.165) is 28.9 Å². The highest BCUT2D eigenvalue weighted by atomic mass is 16.3. The molecule has 0 bridgehead atoms. The quantitative estimate of drug-likeness (QED) is 0.281. The molecule has 0 radical (unpaired) electrons. The number of benzene rings is 2. The van der Waals surface area contributed by atoms with Crippen LogP contribution >= 0.6 is 0 Å². The van der Waals surface area contributed by atoms with Crippen LogP contribution in [0.3, 0.4) is 0 Å². The standard InChI is InChI=1S/C29H38N6O3/c1-35(2,3)25-12-13-34(20-25)24-10-6-22(7-11-24)32-28-19-27(26(30)18-29(28)38)31-21-4-8-23(9-5-21)33(14-16-36)15-17-37/h4-11,18-19,25,36-37H,12-17,20H2,1-3H3,(H2-,30,31,32,38)/p+1. The normalized spacial score (nSPS) is 19.0. The van der Waals surface area contributed by atoms with Gasteiger partial charge in [0.05, 0.1) is 63.7 Å². The second-order valence-corrected chi connectivity index (χ2v) is 10.6. The van der Waals surface area contributed by atoms with Gasteiger partial charge in [-0.3, -0.25) is 4.79 Å². The highest BCUT2D eigenvalue weighted by Crippen LogP contribution is 2.27. The number of nitrogens with two attached hydrogens (primary N) is 1. The fraction of sp³-hybridized carbons (Fsp3) is 0.379. The third-order valence-corrected chi connectivity index (χ3v) is 7.10. The zero-order valence-electron chi connectivity index (χ0n) is 22.5. The van der Waals surface area contributed by atoms with Crippen LogP contribution in [0, 0.1) is 0 Å². The topological polar surface area (TPSA) is 114 Å². The van der Waals surface area contributed by atoms with Crippen molar-refractivity contribution < 1.29 is 19.5 Å². The third-order valence-electron chi connectivity index (χ3n) is 7.10. The van der Waals surface area contributed by atoms with Gasteiger partial charge in [-0.1, -0.05) is 0 Å². The van der Waals surface area contributed by atoms with Gasteiger partial charge in [-0.25, -0.2) is 4.99 Å². The monoisotopic (exact) mass is 519 g/mol. The smallest absolute Gasteiger partial charge is 0.204 e. The maximum absolute atomic E-state index is 12.7. The molecule has 1 aliphatic heterocycles. The van der Waals surface area contributed by atoms with Crippen molar-refractivity contribution in [2.45, 2.75) is 12.5 Å². The van der Waals surface area contributed by atoms with E-state index in [1.807, 2.05) is 41.3 Å². The minimum Gasteiger partial charge on any atom is -0.397 e. The first kappa shape index (κ1) is 27.4. The predicted molar refractivity (Wildman–Crippen MR) is 154 cm³/mol. The molecular formula is C29H39N6O3+. The highest BCUT2D eigenvalue weighted by Gasteiger charge is 2.32. The first-order valence-corrected chi connectivity index (χ1v) is 13.0. The lowest BCUT2D eigenvalue weighted by Gasteiger charge is -2.31. The average Bonchev–Trinajstić information content (AvgIpc) is 3.39. The maximum atomic E-state index is 12.7. The molecule has 1 heterocycles. The second-order valence-electron chi connectivity index (χ2n) is 10.6. The van der Waals surface area contributed by atoms with E-state index in [1.165, 1.54) is 18.2 Å². The number of hydrogen-bond donors (Lipinski definition) is 4. The molecule has 2 aromatic carbocycles. The molecular weight excluding hydrogens is 480 g/mol. The Kier molecular flexibility index (Phi) is 8.51. The van der Waals surface area contributed by atoms with Crippen molar-refractivity contribution in [1.29, 1.82) is 0 Å². The molecule has 2 aromatic rings. The first-order valence-electron chi connectivity index (χ1n) is 13.0. The molecule has 0 amide bonds. The largest absolute Gasteiger partial charge is 0.397 e. The molecule has 0 aromatic heterocycles. The number of quaternary nitrogens is 1. The molecule has 1 atom stereocenters. The van der Waals surface area contributed by atoms with Crippen molar-refractivity contribution in [1.82, 2.24) is 0 Å². The van der Waals surface area contributed by atoms with Crippen LogP contribution < -0.4 is 20.9 Å². The van der Waals surface area contributed by atoms with Crippen molar-refractivity contribution >= 4 is 34.2 Å². The summed E-state index contributed by atoms with van der Waals surface area (Å²) in [5.41, 5.74) is 10.9. The summed E-state index contributed by atoms with van der Waals surface area (Å²) in [6.45, 7) is 2.93. The van der Waals surface area contributed by atoms with Gasteiger partial charge in [0, 0.05) is 49.2 Å². The van der Waals surface area contributed by atoms with E-state index in [9.17, 15) is 15.0 Å². The number of aliphatic imine (C=N–C) groups is 1. The number of aliphatic hydroxyl groups excluding tert-OH is 2. The zero-order chi connectivity index (χ0) is 27.3. The molecule has 1 saturated heterocycles. The average molecular weight is 520 g/mol. The number of likely N-dealkylation sites (N-methyl/N-ethyl adjacent to an activating group) is 1. The molecule has 2 aliphatic rings. The van der Waals surface area contributed by atoms with E-state index in [2.05, 4.69) is 48.5 Å². The highest BCUT2D eigenvalue weighted by molar-refractivity contribution is 6.23. The van der Waals surface area contributed by atoms with Crippen molar-refractivity contribution in [3.05, 3.63) is 72.1 Å². The van der Waals surface area contributed by atoms with E-state index in [0.29, 0.717) is 41.9 Å². The van der Waals surface area contributed by atoms with Crippen molar-refractivity contribution in [2.75, 3.05) is 75.7 Å². The van der Waals surface area contributed by atoms with Crippen LogP contribution in [0.5, 0.6) is 0 Å². The van der Waals surface area contributed by atoms with Gasteiger partial charge in [0.25, 0.3) is 0 Å². The van der Waals surface area contributed by atoms with Gasteiger partial charge in [-0.05, 0) is 54.6 Å². The van der Waals surface area contributed by atoms with Crippen LogP contribution in [0.2, 0.25) is 0 Å². The van der Waals surface area contributed by atoms with E-state index in [4.69, 9.17) is 5.73 Å². The molecule has 1 fully saturated rings. The summed E-state index contributed by atoms with van der Waals surface area (Å²) in [5, 5.41) is 21.8. The second kappa shape index (κ2) is 11.8. The third kappa shape index (κ3) is 6.61. The molecule has 0 saturated carbocycles.